The third kappa shape index (κ3) is 13.1. The van der Waals surface area contributed by atoms with Crippen molar-refractivity contribution in [2.75, 3.05) is 80.1 Å². The topological polar surface area (TPSA) is 92.5 Å². The molecule has 0 fully saturated rings. The number of ether oxygens (including phenoxy) is 5. The molecule has 0 atom stereocenters. The lowest BCUT2D eigenvalue weighted by Gasteiger charge is -2.10. The summed E-state index contributed by atoms with van der Waals surface area (Å²) in [6, 6.07) is 5.94. The number of likely N-dealkylation sites (N-methyl/N-ethyl adjacent to an activating group) is 1. The van der Waals surface area contributed by atoms with Gasteiger partial charge in [-0.1, -0.05) is 0 Å². The fourth-order valence-electron chi connectivity index (χ4n) is 1.89. The molecular weight excluding hydrogens is 356 g/mol. The third-order valence-electron chi connectivity index (χ3n) is 3.34. The van der Waals surface area contributed by atoms with Gasteiger partial charge in [0, 0.05) is 18.7 Å². The Bertz CT molecular complexity index is 497. The van der Waals surface area contributed by atoms with Gasteiger partial charge in [0.25, 0.3) is 5.69 Å². The number of rotatable bonds is 17. The first-order valence-corrected chi connectivity index (χ1v) is 8.92. The van der Waals surface area contributed by atoms with E-state index in [2.05, 4.69) is 4.90 Å². The molecule has 27 heavy (non-hydrogen) atoms. The first kappa shape index (κ1) is 23.3. The van der Waals surface area contributed by atoms with Crippen LogP contribution < -0.4 is 4.74 Å². The van der Waals surface area contributed by atoms with Crippen molar-refractivity contribution in [3.05, 3.63) is 34.4 Å². The zero-order valence-electron chi connectivity index (χ0n) is 16.1. The molecule has 0 amide bonds. The van der Waals surface area contributed by atoms with Crippen LogP contribution in [0.2, 0.25) is 0 Å². The number of hydrogen-bond donors (Lipinski definition) is 0. The Labute approximate surface area is 160 Å². The molecule has 0 aliphatic heterocycles. The number of benzene rings is 1. The molecule has 0 aliphatic carbocycles. The summed E-state index contributed by atoms with van der Waals surface area (Å²) < 4.78 is 27.0. The highest BCUT2D eigenvalue weighted by atomic mass is 16.6. The van der Waals surface area contributed by atoms with Gasteiger partial charge in [0.2, 0.25) is 0 Å². The largest absolute Gasteiger partial charge is 0.491 e. The molecule has 0 saturated carbocycles. The maximum atomic E-state index is 10.5. The van der Waals surface area contributed by atoms with Gasteiger partial charge >= 0.3 is 0 Å². The molecule has 0 unspecified atom stereocenters. The van der Waals surface area contributed by atoms with Gasteiger partial charge in [-0.2, -0.15) is 0 Å². The fraction of sp³-hybridized carbons (Fsp3) is 0.667. The molecule has 154 valence electrons. The molecule has 0 spiro atoms. The number of nitro benzene ring substituents is 1. The lowest BCUT2D eigenvalue weighted by atomic mass is 10.3. The van der Waals surface area contributed by atoms with Crippen molar-refractivity contribution >= 4 is 5.69 Å². The molecule has 0 radical (unpaired) electrons. The van der Waals surface area contributed by atoms with E-state index < -0.39 is 4.92 Å². The van der Waals surface area contributed by atoms with Crippen LogP contribution in [0.3, 0.4) is 0 Å². The Hall–Kier alpha value is -1.78. The van der Waals surface area contributed by atoms with Gasteiger partial charge in [0.1, 0.15) is 12.4 Å². The van der Waals surface area contributed by atoms with Crippen LogP contribution in [-0.2, 0) is 18.9 Å². The first-order chi connectivity index (χ1) is 13.1. The first-order valence-electron chi connectivity index (χ1n) is 8.92. The molecule has 1 rings (SSSR count). The van der Waals surface area contributed by atoms with E-state index in [9.17, 15) is 10.1 Å². The molecule has 0 aromatic heterocycles. The van der Waals surface area contributed by atoms with E-state index in [1.165, 1.54) is 12.1 Å². The zero-order valence-corrected chi connectivity index (χ0v) is 16.1. The fourth-order valence-corrected chi connectivity index (χ4v) is 1.89. The van der Waals surface area contributed by atoms with E-state index in [-0.39, 0.29) is 5.69 Å². The SMILES string of the molecule is CN(C)CCOCCOCCOCCOCCOc1ccc([N+](=O)[O-])cc1. The van der Waals surface area contributed by atoms with Crippen LogP contribution >= 0.6 is 0 Å². The third-order valence-corrected chi connectivity index (χ3v) is 3.34. The molecule has 0 bridgehead atoms. The van der Waals surface area contributed by atoms with E-state index in [4.69, 9.17) is 23.7 Å². The van der Waals surface area contributed by atoms with Crippen LogP contribution in [0.5, 0.6) is 5.75 Å². The second-order valence-corrected chi connectivity index (χ2v) is 5.85. The second-order valence-electron chi connectivity index (χ2n) is 5.85. The second kappa shape index (κ2) is 15.3. The van der Waals surface area contributed by atoms with Gasteiger partial charge in [-0.05, 0) is 26.2 Å². The van der Waals surface area contributed by atoms with Gasteiger partial charge in [-0.3, -0.25) is 10.1 Å². The van der Waals surface area contributed by atoms with E-state index >= 15 is 0 Å². The summed E-state index contributed by atoms with van der Waals surface area (Å²) in [5.74, 6) is 0.572. The minimum Gasteiger partial charge on any atom is -0.491 e. The molecular formula is C18H30N2O7. The van der Waals surface area contributed by atoms with Crippen molar-refractivity contribution in [3.8, 4) is 5.75 Å². The molecule has 0 aliphatic rings. The molecule has 0 heterocycles. The van der Waals surface area contributed by atoms with Crippen LogP contribution in [0.15, 0.2) is 24.3 Å². The standard InChI is InChI=1S/C18H30N2O7/c1-19(2)7-8-23-9-10-24-11-12-25-13-14-26-15-16-27-18-5-3-17(4-6-18)20(21)22/h3-6H,7-16H2,1-2H3. The van der Waals surface area contributed by atoms with Crippen molar-refractivity contribution in [3.63, 3.8) is 0 Å². The molecule has 1 aromatic carbocycles. The molecule has 1 aromatic rings. The van der Waals surface area contributed by atoms with Crippen molar-refractivity contribution in [2.45, 2.75) is 0 Å². The maximum absolute atomic E-state index is 10.5. The monoisotopic (exact) mass is 386 g/mol. The van der Waals surface area contributed by atoms with Gasteiger partial charge in [-0.25, -0.2) is 0 Å². The summed E-state index contributed by atoms with van der Waals surface area (Å²) in [6.45, 7) is 5.55. The Morgan fingerprint density at radius 1 is 0.778 bits per heavy atom. The summed E-state index contributed by atoms with van der Waals surface area (Å²) in [4.78, 5) is 12.2. The number of nitrogens with zero attached hydrogens (tertiary/aromatic N) is 2. The van der Waals surface area contributed by atoms with Gasteiger partial charge in [-0.15, -0.1) is 0 Å². The van der Waals surface area contributed by atoms with Crippen molar-refractivity contribution in [1.29, 1.82) is 0 Å². The summed E-state index contributed by atoms with van der Waals surface area (Å²) in [5.41, 5.74) is 0.0385. The highest BCUT2D eigenvalue weighted by Gasteiger charge is 2.04. The highest BCUT2D eigenvalue weighted by Crippen LogP contribution is 2.16. The van der Waals surface area contributed by atoms with Gasteiger partial charge in [0.15, 0.2) is 0 Å². The van der Waals surface area contributed by atoms with E-state index in [1.54, 1.807) is 12.1 Å². The Balaban J connectivity index is 1.82. The van der Waals surface area contributed by atoms with E-state index in [0.717, 1.165) is 6.54 Å². The van der Waals surface area contributed by atoms with Crippen LogP contribution in [-0.4, -0.2) is 89.9 Å². The number of nitro groups is 1. The zero-order chi connectivity index (χ0) is 19.7. The average Bonchev–Trinajstić information content (AvgIpc) is 2.65. The van der Waals surface area contributed by atoms with E-state index in [0.29, 0.717) is 65.2 Å². The van der Waals surface area contributed by atoms with E-state index in [1.807, 2.05) is 14.1 Å². The smallest absolute Gasteiger partial charge is 0.269 e. The highest BCUT2D eigenvalue weighted by molar-refractivity contribution is 5.35. The summed E-state index contributed by atoms with van der Waals surface area (Å²) in [5, 5.41) is 10.5. The predicted molar refractivity (Wildman–Crippen MR) is 100 cm³/mol. The quantitative estimate of drug-likeness (QED) is 0.226. The molecule has 9 nitrogen and oxygen atoms in total. The number of hydrogen-bond acceptors (Lipinski definition) is 8. The van der Waals surface area contributed by atoms with Crippen LogP contribution in [0.25, 0.3) is 0 Å². The normalized spacial score (nSPS) is 11.1. The maximum Gasteiger partial charge on any atom is 0.269 e. The van der Waals surface area contributed by atoms with Crippen LogP contribution in [0, 0.1) is 10.1 Å². The molecule has 0 saturated heterocycles. The lowest BCUT2D eigenvalue weighted by molar-refractivity contribution is -0.384. The average molecular weight is 386 g/mol. The summed E-state index contributed by atoms with van der Waals surface area (Å²) in [6.07, 6.45) is 0. The Kier molecular flexibility index (Phi) is 13.2. The summed E-state index contributed by atoms with van der Waals surface area (Å²) >= 11 is 0. The van der Waals surface area contributed by atoms with Gasteiger partial charge in [0.05, 0.1) is 57.8 Å². The minimum absolute atomic E-state index is 0.0385. The van der Waals surface area contributed by atoms with Crippen LogP contribution in [0.4, 0.5) is 5.69 Å². The Morgan fingerprint density at radius 2 is 1.22 bits per heavy atom. The van der Waals surface area contributed by atoms with Crippen molar-refractivity contribution < 1.29 is 28.6 Å². The Morgan fingerprint density at radius 3 is 1.67 bits per heavy atom. The van der Waals surface area contributed by atoms with Gasteiger partial charge < -0.3 is 28.6 Å². The molecule has 0 N–H and O–H groups in total. The summed E-state index contributed by atoms with van der Waals surface area (Å²) in [7, 11) is 4.01. The van der Waals surface area contributed by atoms with Crippen molar-refractivity contribution in [1.82, 2.24) is 4.90 Å². The molecule has 9 heteroatoms. The minimum atomic E-state index is -0.446. The van der Waals surface area contributed by atoms with Crippen LogP contribution in [0.1, 0.15) is 0 Å². The van der Waals surface area contributed by atoms with Crippen molar-refractivity contribution in [2.24, 2.45) is 0 Å². The number of non-ortho nitro benzene ring substituents is 1. The lowest BCUT2D eigenvalue weighted by Crippen LogP contribution is -2.19. The predicted octanol–water partition coefficient (Wildman–Crippen LogP) is 1.60.